The molecule has 0 unspecified atom stereocenters. The van der Waals surface area contributed by atoms with Gasteiger partial charge in [0.25, 0.3) is 11.8 Å². The van der Waals surface area contributed by atoms with Gasteiger partial charge in [0, 0.05) is 13.1 Å². The highest BCUT2D eigenvalue weighted by Gasteiger charge is 2.37. The van der Waals surface area contributed by atoms with E-state index in [9.17, 15) is 58.8 Å². The fourth-order valence-electron chi connectivity index (χ4n) is 8.17. The van der Waals surface area contributed by atoms with Crippen molar-refractivity contribution in [3.05, 3.63) is 106 Å². The van der Waals surface area contributed by atoms with E-state index in [0.717, 1.165) is 9.80 Å². The number of guanidine groups is 2. The van der Waals surface area contributed by atoms with Gasteiger partial charge in [0.1, 0.15) is 12.1 Å². The Kier molecular flexibility index (Phi) is 19.2. The van der Waals surface area contributed by atoms with E-state index in [1.165, 1.54) is 60.7 Å². The molecule has 6 rings (SSSR count). The van der Waals surface area contributed by atoms with Gasteiger partial charge in [0.05, 0.1) is 86.1 Å². The van der Waals surface area contributed by atoms with Crippen LogP contribution in [0.25, 0.3) is 0 Å². The van der Waals surface area contributed by atoms with Crippen LogP contribution in [0.15, 0.2) is 82.8 Å². The molecule has 2 aliphatic heterocycles. The van der Waals surface area contributed by atoms with Crippen molar-refractivity contribution in [2.75, 3.05) is 52.7 Å². The highest BCUT2D eigenvalue weighted by molar-refractivity contribution is 6.02. The number of esters is 2. The molecule has 0 saturated carbocycles. The lowest BCUT2D eigenvalue weighted by molar-refractivity contribution is -0.149. The third-order valence-electron chi connectivity index (χ3n) is 11.5. The molecule has 0 spiro atoms. The Bertz CT molecular complexity index is 2740. The minimum absolute atomic E-state index is 0.00885. The fourth-order valence-corrected chi connectivity index (χ4v) is 8.17. The third-order valence-corrected chi connectivity index (χ3v) is 11.5. The maximum atomic E-state index is 14.3. The number of rotatable bonds is 21. The minimum atomic E-state index is -1.91. The van der Waals surface area contributed by atoms with Gasteiger partial charge in [-0.25, -0.2) is 29.2 Å². The molecule has 26 nitrogen and oxygen atoms in total. The van der Waals surface area contributed by atoms with Gasteiger partial charge in [-0.15, -0.1) is 0 Å². The van der Waals surface area contributed by atoms with E-state index in [2.05, 4.69) is 9.98 Å². The number of fused-ring (bicyclic) bond motifs is 4. The molecule has 12 N–H and O–H groups in total. The van der Waals surface area contributed by atoms with Crippen LogP contribution < -0.4 is 41.9 Å². The average Bonchev–Trinajstić information content (AvgIpc) is 3.36. The largest absolute Gasteiger partial charge is 0.489 e. The van der Waals surface area contributed by atoms with E-state index in [4.69, 9.17) is 51.4 Å². The summed E-state index contributed by atoms with van der Waals surface area (Å²) in [5.41, 5.74) is 23.8. The Morgan fingerprint density at radius 3 is 1.32 bits per heavy atom. The molecule has 0 aliphatic carbocycles. The predicted octanol–water partition coefficient (Wildman–Crippen LogP) is 2.06. The molecular weight excluding hydrogens is 1000 g/mol. The van der Waals surface area contributed by atoms with Gasteiger partial charge in [-0.1, -0.05) is 12.1 Å². The maximum Gasteiger partial charge on any atom is 0.343 e. The van der Waals surface area contributed by atoms with Crippen LogP contribution in [0.3, 0.4) is 0 Å². The molecule has 0 bridgehead atoms. The SMILES string of the molecule is NC(N)=Nc1ccc2c(c1)CCCOc1c(cccc1C(=O)N(CCOCCOCCN(C(=O)c1cccc3c1OCCCc1cc(N=C(N)N)ccc1C(=O)O3)[C@@H](CC(=O)O)C(=O)O)[C@@H](CC(=O)O)C(=O)O)OC2=O. The number of carbonyl (C=O) groups excluding carboxylic acids is 4. The van der Waals surface area contributed by atoms with Crippen LogP contribution in [0.2, 0.25) is 0 Å². The minimum Gasteiger partial charge on any atom is -0.489 e. The van der Waals surface area contributed by atoms with Crippen molar-refractivity contribution in [3.8, 4) is 23.0 Å². The van der Waals surface area contributed by atoms with Crippen LogP contribution >= 0.6 is 0 Å². The summed E-state index contributed by atoms with van der Waals surface area (Å²) >= 11 is 0. The fraction of sp³-hybridized carbons (Fsp3) is 0.320. The number of carboxylic acid groups (broad SMARTS) is 4. The smallest absolute Gasteiger partial charge is 0.343 e. The Balaban J connectivity index is 1.13. The number of carbonyl (C=O) groups is 8. The molecule has 2 heterocycles. The number of hydrogen-bond acceptors (Lipinski definition) is 16. The van der Waals surface area contributed by atoms with Crippen LogP contribution in [0.1, 0.15) is 78.2 Å². The third kappa shape index (κ3) is 14.7. The van der Waals surface area contributed by atoms with Crippen molar-refractivity contribution < 1.29 is 87.2 Å². The summed E-state index contributed by atoms with van der Waals surface area (Å²) in [6.45, 7) is -2.20. The van der Waals surface area contributed by atoms with Crippen molar-refractivity contribution in [3.63, 3.8) is 0 Å². The van der Waals surface area contributed by atoms with Crippen molar-refractivity contribution in [1.29, 1.82) is 0 Å². The van der Waals surface area contributed by atoms with Gasteiger partial charge in [-0.3, -0.25) is 19.2 Å². The van der Waals surface area contributed by atoms with E-state index >= 15 is 0 Å². The Hall–Kier alpha value is -9.30. The number of amides is 2. The summed E-state index contributed by atoms with van der Waals surface area (Å²) in [6.07, 6.45) is -0.772. The molecule has 76 heavy (non-hydrogen) atoms. The van der Waals surface area contributed by atoms with Crippen LogP contribution in [0.4, 0.5) is 11.4 Å². The van der Waals surface area contributed by atoms with E-state index in [-0.39, 0.29) is 96.8 Å². The molecule has 2 atom stereocenters. The molecule has 0 saturated heterocycles. The molecule has 402 valence electrons. The summed E-state index contributed by atoms with van der Waals surface area (Å²) in [7, 11) is 0. The number of aryl methyl sites for hydroxylation is 2. The number of nitrogens with zero attached hydrogens (tertiary/aromatic N) is 4. The summed E-state index contributed by atoms with van der Waals surface area (Å²) in [4.78, 5) is 114. The molecular formula is C50H54N8O18. The van der Waals surface area contributed by atoms with Crippen molar-refractivity contribution in [2.45, 2.75) is 50.6 Å². The summed E-state index contributed by atoms with van der Waals surface area (Å²) in [5, 5.41) is 39.6. The lowest BCUT2D eigenvalue weighted by atomic mass is 10.0. The van der Waals surface area contributed by atoms with Crippen LogP contribution in [-0.2, 0) is 41.5 Å². The highest BCUT2D eigenvalue weighted by Crippen LogP contribution is 2.37. The van der Waals surface area contributed by atoms with Gasteiger partial charge in [0.15, 0.2) is 34.9 Å². The van der Waals surface area contributed by atoms with Crippen molar-refractivity contribution in [2.24, 2.45) is 32.9 Å². The first-order valence-corrected chi connectivity index (χ1v) is 23.4. The van der Waals surface area contributed by atoms with Crippen molar-refractivity contribution in [1.82, 2.24) is 9.80 Å². The Labute approximate surface area is 432 Å². The second-order valence-corrected chi connectivity index (χ2v) is 16.8. The zero-order valence-corrected chi connectivity index (χ0v) is 40.6. The monoisotopic (exact) mass is 1050 g/mol. The van der Waals surface area contributed by atoms with Gasteiger partial charge in [-0.05, 0) is 97.5 Å². The first kappa shape index (κ1) is 56.0. The van der Waals surface area contributed by atoms with Crippen LogP contribution in [0, 0.1) is 0 Å². The topological polar surface area (TPSA) is 408 Å². The Morgan fingerprint density at radius 1 is 0.566 bits per heavy atom. The summed E-state index contributed by atoms with van der Waals surface area (Å²) in [6, 6.07) is 13.4. The number of carboxylic acids is 4. The number of aliphatic imine (C=N–C) groups is 2. The first-order valence-electron chi connectivity index (χ1n) is 23.4. The number of hydrogen-bond donors (Lipinski definition) is 8. The van der Waals surface area contributed by atoms with Crippen molar-refractivity contribution >= 4 is 70.9 Å². The standard InChI is InChI=1S/C50H54N8O18/c51-49(52)55-29-11-13-31-27(23-29)5-3-17-73-41-33(7-1-9-37(41)75-47(31)69)43(63)57(35(45(65)66)25-39(59)60)15-19-71-21-22-72-20-16-58(36(46(67)68)26-40(61)62)44(64)34-8-2-10-38-42(34)74-18-4-6-28-24-30(56-50(53)54)12-14-32(28)48(70)76-38/h1-2,7-14,23-24,35-36H,3-6,15-22,25-26H2,(H,59,60)(H,61,62)(H,65,66)(H,67,68)(H4,51,52,55)(H4,53,54,56)/t35-,36-/m0/s1. The zero-order valence-electron chi connectivity index (χ0n) is 40.6. The van der Waals surface area contributed by atoms with Gasteiger partial charge in [-0.2, -0.15) is 0 Å². The van der Waals surface area contributed by atoms with E-state index in [0.29, 0.717) is 48.2 Å². The molecule has 4 aromatic carbocycles. The van der Waals surface area contributed by atoms with Crippen LogP contribution in [-0.4, -0.2) is 155 Å². The molecule has 26 heteroatoms. The molecule has 0 aromatic heterocycles. The van der Waals surface area contributed by atoms with E-state index in [1.54, 1.807) is 12.1 Å². The lowest BCUT2D eigenvalue weighted by Gasteiger charge is -2.29. The number of nitrogens with two attached hydrogens (primary N) is 4. The maximum absolute atomic E-state index is 14.3. The predicted molar refractivity (Wildman–Crippen MR) is 265 cm³/mol. The summed E-state index contributed by atoms with van der Waals surface area (Å²) < 4.78 is 34.6. The zero-order chi connectivity index (χ0) is 55.1. The van der Waals surface area contributed by atoms with E-state index < -0.39 is 85.6 Å². The van der Waals surface area contributed by atoms with Gasteiger partial charge in [0.2, 0.25) is 0 Å². The van der Waals surface area contributed by atoms with Gasteiger partial charge >= 0.3 is 35.8 Å². The number of para-hydroxylation sites is 2. The average molecular weight is 1060 g/mol. The number of benzene rings is 4. The molecule has 0 fully saturated rings. The molecule has 2 aliphatic rings. The van der Waals surface area contributed by atoms with E-state index in [1.807, 2.05) is 0 Å². The number of ether oxygens (including phenoxy) is 6. The normalized spacial score (nSPS) is 13.8. The lowest BCUT2D eigenvalue weighted by Crippen LogP contribution is -2.48. The Morgan fingerprint density at radius 2 is 0.961 bits per heavy atom. The van der Waals surface area contributed by atoms with Crippen LogP contribution in [0.5, 0.6) is 23.0 Å². The second kappa shape index (κ2) is 26.1. The molecule has 2 amide bonds. The molecule has 0 radical (unpaired) electrons. The first-order chi connectivity index (χ1) is 36.3. The highest BCUT2D eigenvalue weighted by atomic mass is 16.6. The summed E-state index contributed by atoms with van der Waals surface area (Å²) in [5.74, 6) is -11.1. The van der Waals surface area contributed by atoms with Gasteiger partial charge < -0.3 is 81.6 Å². The molecule has 4 aromatic rings. The number of aliphatic carboxylic acids is 4. The quantitative estimate of drug-likeness (QED) is 0.0195. The second-order valence-electron chi connectivity index (χ2n) is 16.8.